The number of halogens is 3. The Morgan fingerprint density at radius 2 is 1.83 bits per heavy atom. The maximum Gasteiger partial charge on any atom is 0.433 e. The van der Waals surface area contributed by atoms with Crippen LogP contribution in [0.2, 0.25) is 0 Å². The predicted octanol–water partition coefficient (Wildman–Crippen LogP) is 3.67. The molecule has 0 unspecified atom stereocenters. The summed E-state index contributed by atoms with van der Waals surface area (Å²) < 4.78 is 38.6. The van der Waals surface area contributed by atoms with Gasteiger partial charge in [0.2, 0.25) is 0 Å². The number of aromatic nitrogens is 1. The van der Waals surface area contributed by atoms with Crippen LogP contribution < -0.4 is 9.80 Å². The molecule has 0 radical (unpaired) electrons. The molecule has 1 aromatic heterocycles. The highest BCUT2D eigenvalue weighted by Crippen LogP contribution is 2.30. The van der Waals surface area contributed by atoms with Crippen molar-refractivity contribution in [3.05, 3.63) is 53.2 Å². The molecule has 7 heteroatoms. The van der Waals surface area contributed by atoms with Crippen LogP contribution in [0.15, 0.2) is 36.4 Å². The van der Waals surface area contributed by atoms with Crippen molar-refractivity contribution in [3.63, 3.8) is 0 Å². The summed E-state index contributed by atoms with van der Waals surface area (Å²) in [5, 5.41) is 9.14. The second-order valence-corrected chi connectivity index (χ2v) is 5.60. The van der Waals surface area contributed by atoms with E-state index >= 15 is 0 Å². The number of alkyl halides is 3. The van der Waals surface area contributed by atoms with Gasteiger partial charge in [-0.3, -0.25) is 0 Å². The first-order chi connectivity index (χ1) is 11.2. The summed E-state index contributed by atoms with van der Waals surface area (Å²) in [5.74, 6) is 0.0163. The quantitative estimate of drug-likeness (QED) is 0.855. The highest BCUT2D eigenvalue weighted by Gasteiger charge is 2.33. The minimum Gasteiger partial charge on any atom is -0.378 e. The van der Waals surface area contributed by atoms with Crippen LogP contribution in [0, 0.1) is 11.3 Å². The van der Waals surface area contributed by atoms with Crippen LogP contribution >= 0.6 is 0 Å². The van der Waals surface area contributed by atoms with Gasteiger partial charge in [0.15, 0.2) is 0 Å². The van der Waals surface area contributed by atoms with Crippen LogP contribution in [0.1, 0.15) is 16.8 Å². The van der Waals surface area contributed by atoms with Crippen molar-refractivity contribution < 1.29 is 13.2 Å². The molecule has 0 amide bonds. The van der Waals surface area contributed by atoms with Crippen molar-refractivity contribution in [3.8, 4) is 6.07 Å². The molecule has 0 spiro atoms. The third-order valence-corrected chi connectivity index (χ3v) is 3.49. The molecule has 0 saturated heterocycles. The lowest BCUT2D eigenvalue weighted by Crippen LogP contribution is -2.21. The third-order valence-electron chi connectivity index (χ3n) is 3.49. The van der Waals surface area contributed by atoms with Gasteiger partial charge in [0, 0.05) is 33.4 Å². The maximum absolute atomic E-state index is 12.9. The second-order valence-electron chi connectivity index (χ2n) is 5.60. The topological polar surface area (TPSA) is 43.2 Å². The van der Waals surface area contributed by atoms with E-state index in [4.69, 9.17) is 5.26 Å². The fourth-order valence-corrected chi connectivity index (χ4v) is 2.27. The summed E-state index contributed by atoms with van der Waals surface area (Å²) >= 11 is 0. The smallest absolute Gasteiger partial charge is 0.378 e. The number of hydrogen-bond donors (Lipinski definition) is 0. The van der Waals surface area contributed by atoms with Crippen LogP contribution in [0.4, 0.5) is 24.7 Å². The zero-order valence-electron chi connectivity index (χ0n) is 13.6. The van der Waals surface area contributed by atoms with Crippen LogP contribution in [-0.4, -0.2) is 26.1 Å². The zero-order valence-corrected chi connectivity index (χ0v) is 13.6. The van der Waals surface area contributed by atoms with E-state index in [9.17, 15) is 13.2 Å². The maximum atomic E-state index is 12.9. The average Bonchev–Trinajstić information content (AvgIpc) is 2.53. The Kier molecular flexibility index (Phi) is 4.98. The zero-order chi connectivity index (χ0) is 17.9. The number of rotatable bonds is 4. The van der Waals surface area contributed by atoms with E-state index in [0.717, 1.165) is 23.4 Å². The first kappa shape index (κ1) is 17.6. The molecule has 1 heterocycles. The van der Waals surface area contributed by atoms with Gasteiger partial charge in [-0.05, 0) is 29.8 Å². The number of pyridine rings is 1. The van der Waals surface area contributed by atoms with Crippen LogP contribution in [0.25, 0.3) is 0 Å². The van der Waals surface area contributed by atoms with Gasteiger partial charge in [0.1, 0.15) is 17.6 Å². The molecule has 0 aliphatic rings. The molecular weight excluding hydrogens is 317 g/mol. The van der Waals surface area contributed by atoms with Gasteiger partial charge in [-0.15, -0.1) is 0 Å². The number of anilines is 2. The molecule has 4 nitrogen and oxygen atoms in total. The van der Waals surface area contributed by atoms with E-state index in [1.165, 1.54) is 0 Å². The number of nitrogens with zero attached hydrogens (tertiary/aromatic N) is 4. The van der Waals surface area contributed by atoms with E-state index in [1.807, 2.05) is 49.3 Å². The molecule has 0 N–H and O–H groups in total. The van der Waals surface area contributed by atoms with Crippen molar-refractivity contribution in [2.45, 2.75) is 12.7 Å². The van der Waals surface area contributed by atoms with Gasteiger partial charge in [-0.1, -0.05) is 12.1 Å². The van der Waals surface area contributed by atoms with E-state index in [0.29, 0.717) is 6.54 Å². The Bertz CT molecular complexity index is 763. The van der Waals surface area contributed by atoms with Gasteiger partial charge < -0.3 is 9.80 Å². The van der Waals surface area contributed by atoms with Crippen molar-refractivity contribution in [2.75, 3.05) is 30.9 Å². The molecular formula is C17H17F3N4. The molecule has 0 aliphatic heterocycles. The monoisotopic (exact) mass is 334 g/mol. The fraction of sp³-hybridized carbons (Fsp3) is 0.294. The number of benzene rings is 1. The number of hydrogen-bond acceptors (Lipinski definition) is 4. The third kappa shape index (κ3) is 3.96. The highest BCUT2D eigenvalue weighted by molar-refractivity contribution is 5.55. The summed E-state index contributed by atoms with van der Waals surface area (Å²) in [4.78, 5) is 7.12. The van der Waals surface area contributed by atoms with Crippen LogP contribution in [0.3, 0.4) is 0 Å². The summed E-state index contributed by atoms with van der Waals surface area (Å²) in [6, 6.07) is 11.5. The Hall–Kier alpha value is -2.75. The Morgan fingerprint density at radius 1 is 1.12 bits per heavy atom. The molecule has 0 saturated carbocycles. The lowest BCUT2D eigenvalue weighted by atomic mass is 10.1. The summed E-state index contributed by atoms with van der Waals surface area (Å²) in [6.45, 7) is 0.338. The SMILES string of the molecule is CN(C)c1cccc(CN(C)c2nc(C(F)(F)F)ccc2C#N)c1. The minimum atomic E-state index is -4.55. The van der Waals surface area contributed by atoms with Crippen molar-refractivity contribution in [1.82, 2.24) is 4.98 Å². The second kappa shape index (κ2) is 6.79. The van der Waals surface area contributed by atoms with E-state index < -0.39 is 11.9 Å². The van der Waals surface area contributed by atoms with Gasteiger partial charge in [-0.2, -0.15) is 18.4 Å². The van der Waals surface area contributed by atoms with Gasteiger partial charge in [0.25, 0.3) is 0 Å². The Balaban J connectivity index is 2.34. The van der Waals surface area contributed by atoms with E-state index in [1.54, 1.807) is 11.9 Å². The molecule has 126 valence electrons. The molecule has 1 aromatic carbocycles. The molecule has 2 rings (SSSR count). The normalized spacial score (nSPS) is 11.0. The summed E-state index contributed by atoms with van der Waals surface area (Å²) in [7, 11) is 5.43. The van der Waals surface area contributed by atoms with Crippen molar-refractivity contribution in [2.24, 2.45) is 0 Å². The molecule has 24 heavy (non-hydrogen) atoms. The first-order valence-corrected chi connectivity index (χ1v) is 7.18. The van der Waals surface area contributed by atoms with Crippen molar-refractivity contribution >= 4 is 11.5 Å². The molecule has 0 aliphatic carbocycles. The molecule has 2 aromatic rings. The van der Waals surface area contributed by atoms with E-state index in [2.05, 4.69) is 4.98 Å². The summed E-state index contributed by atoms with van der Waals surface area (Å²) in [5.41, 5.74) is 0.991. The number of nitriles is 1. The largest absolute Gasteiger partial charge is 0.433 e. The van der Waals surface area contributed by atoms with Gasteiger partial charge in [0.05, 0.1) is 5.56 Å². The average molecular weight is 334 g/mol. The van der Waals surface area contributed by atoms with Crippen LogP contribution in [0.5, 0.6) is 0 Å². The van der Waals surface area contributed by atoms with Gasteiger partial charge in [-0.25, -0.2) is 4.98 Å². The first-order valence-electron chi connectivity index (χ1n) is 7.18. The van der Waals surface area contributed by atoms with Crippen molar-refractivity contribution in [1.29, 1.82) is 5.26 Å². The van der Waals surface area contributed by atoms with E-state index in [-0.39, 0.29) is 11.4 Å². The lowest BCUT2D eigenvalue weighted by Gasteiger charge is -2.21. The van der Waals surface area contributed by atoms with Crippen LogP contribution in [-0.2, 0) is 12.7 Å². The molecule has 0 fully saturated rings. The fourth-order valence-electron chi connectivity index (χ4n) is 2.27. The Labute approximate surface area is 138 Å². The highest BCUT2D eigenvalue weighted by atomic mass is 19.4. The van der Waals surface area contributed by atoms with Gasteiger partial charge >= 0.3 is 6.18 Å². The minimum absolute atomic E-state index is 0.0163. The summed E-state index contributed by atoms with van der Waals surface area (Å²) in [6.07, 6.45) is -4.55. The molecule has 0 bridgehead atoms. The standard InChI is InChI=1S/C17H17F3N4/c1-23(2)14-6-4-5-12(9-14)11-24(3)16-13(10-21)7-8-15(22-16)17(18,19)20/h4-9H,11H2,1-3H3. The Morgan fingerprint density at radius 3 is 2.42 bits per heavy atom. The molecule has 0 atom stereocenters. The predicted molar refractivity (Wildman–Crippen MR) is 86.8 cm³/mol. The lowest BCUT2D eigenvalue weighted by molar-refractivity contribution is -0.141.